The second kappa shape index (κ2) is 9.94. The lowest BCUT2D eigenvalue weighted by Gasteiger charge is -2.37. The summed E-state index contributed by atoms with van der Waals surface area (Å²) in [5.74, 6) is 1.94. The molecule has 2 aromatic carbocycles. The van der Waals surface area contributed by atoms with Gasteiger partial charge in [-0.25, -0.2) is 9.13 Å². The molecule has 1 saturated carbocycles. The van der Waals surface area contributed by atoms with Crippen molar-refractivity contribution in [1.29, 1.82) is 0 Å². The zero-order valence-corrected chi connectivity index (χ0v) is 20.3. The number of nitrogens with zero attached hydrogens (tertiary/aromatic N) is 2. The first kappa shape index (κ1) is 23.3. The zero-order valence-electron chi connectivity index (χ0n) is 20.3. The van der Waals surface area contributed by atoms with E-state index in [1.165, 1.54) is 18.7 Å². The Kier molecular flexibility index (Phi) is 7.02. The minimum absolute atomic E-state index is 0.154. The number of aromatic nitrogens is 2. The van der Waals surface area contributed by atoms with Crippen LogP contribution in [-0.2, 0) is 16.8 Å². The number of primary amides is 1. The van der Waals surface area contributed by atoms with Crippen molar-refractivity contribution in [3.63, 3.8) is 0 Å². The number of hydrogen-bond donors (Lipinski definition) is 1. The molecule has 0 aliphatic heterocycles. The maximum atomic E-state index is 13.3. The third kappa shape index (κ3) is 4.48. The molecule has 1 aromatic heterocycles. The Hall–Kier alpha value is -2.88. The zero-order chi connectivity index (χ0) is 23.4. The largest absolute Gasteiger partial charge is 0.369 e. The molecule has 174 valence electrons. The normalized spacial score (nSPS) is 18.7. The van der Waals surface area contributed by atoms with E-state index in [9.17, 15) is 4.79 Å². The minimum Gasteiger partial charge on any atom is -0.369 e. The molecular formula is C29H38N3O+. The van der Waals surface area contributed by atoms with Gasteiger partial charge < -0.3 is 5.73 Å². The van der Waals surface area contributed by atoms with Gasteiger partial charge in [0.25, 0.3) is 5.82 Å². The molecule has 1 heterocycles. The average molecular weight is 445 g/mol. The summed E-state index contributed by atoms with van der Waals surface area (Å²) in [4.78, 5) is 13.3. The van der Waals surface area contributed by atoms with Crippen LogP contribution >= 0.6 is 0 Å². The maximum absolute atomic E-state index is 13.3. The van der Waals surface area contributed by atoms with Crippen molar-refractivity contribution in [2.24, 2.45) is 17.6 Å². The molecule has 0 bridgehead atoms. The molecule has 0 radical (unpaired) electrons. The van der Waals surface area contributed by atoms with Crippen molar-refractivity contribution < 1.29 is 9.36 Å². The summed E-state index contributed by atoms with van der Waals surface area (Å²) >= 11 is 0. The first-order chi connectivity index (χ1) is 15.9. The van der Waals surface area contributed by atoms with Gasteiger partial charge in [0.2, 0.25) is 5.91 Å². The van der Waals surface area contributed by atoms with E-state index < -0.39 is 5.41 Å². The summed E-state index contributed by atoms with van der Waals surface area (Å²) in [6.45, 7) is 7.85. The number of carbonyl (C=O) groups is 1. The Morgan fingerprint density at radius 1 is 1.06 bits per heavy atom. The van der Waals surface area contributed by atoms with Gasteiger partial charge in [-0.05, 0) is 55.1 Å². The summed E-state index contributed by atoms with van der Waals surface area (Å²) in [5, 5.41) is 0. The Morgan fingerprint density at radius 2 is 1.67 bits per heavy atom. The molecule has 0 saturated heterocycles. The third-order valence-electron chi connectivity index (χ3n) is 7.63. The Balaban J connectivity index is 1.64. The Labute approximate surface area is 198 Å². The number of rotatable bonds is 9. The fraction of sp³-hybridized carbons (Fsp3) is 0.448. The van der Waals surface area contributed by atoms with E-state index in [2.05, 4.69) is 66.6 Å². The van der Waals surface area contributed by atoms with Crippen LogP contribution in [0, 0.1) is 18.8 Å². The molecule has 0 unspecified atom stereocenters. The van der Waals surface area contributed by atoms with Crippen LogP contribution in [0.1, 0.15) is 68.9 Å². The summed E-state index contributed by atoms with van der Waals surface area (Å²) in [7, 11) is 0. The monoisotopic (exact) mass is 444 g/mol. The highest BCUT2D eigenvalue weighted by atomic mass is 16.1. The summed E-state index contributed by atoms with van der Waals surface area (Å²) < 4.78 is 4.81. The standard InChI is InChI=1S/C29H37N3O/c1-22(2)11-10-18-31-19-20-32(23(31)3)27-17-16-26(21-27)29(28(30)33,24-12-6-4-7-13-24)25-14-8-5-9-15-25/h4-9,12-15,19-20,22,26-27H,10-11,16-18,21H2,1-3H3,(H-,30,33)/p+1/t26-,27+/m0/s1. The summed E-state index contributed by atoms with van der Waals surface area (Å²) in [5.41, 5.74) is 7.45. The number of amides is 1. The number of carbonyl (C=O) groups excluding carboxylic acids is 1. The van der Waals surface area contributed by atoms with E-state index in [4.69, 9.17) is 5.73 Å². The van der Waals surface area contributed by atoms with Gasteiger partial charge in [-0.1, -0.05) is 74.5 Å². The quantitative estimate of drug-likeness (QED) is 0.446. The van der Waals surface area contributed by atoms with E-state index >= 15 is 0 Å². The number of aryl methyl sites for hydroxylation is 1. The molecule has 3 aromatic rings. The molecule has 1 fully saturated rings. The highest BCUT2D eigenvalue weighted by Crippen LogP contribution is 2.49. The minimum atomic E-state index is -0.814. The third-order valence-corrected chi connectivity index (χ3v) is 7.63. The van der Waals surface area contributed by atoms with Crippen molar-refractivity contribution in [2.45, 2.75) is 70.9 Å². The van der Waals surface area contributed by atoms with Gasteiger partial charge in [-0.3, -0.25) is 4.79 Å². The highest BCUT2D eigenvalue weighted by molar-refractivity contribution is 5.91. The predicted molar refractivity (Wildman–Crippen MR) is 133 cm³/mol. The van der Waals surface area contributed by atoms with E-state index in [0.717, 1.165) is 42.9 Å². The lowest BCUT2D eigenvalue weighted by Crippen LogP contribution is -2.47. The van der Waals surface area contributed by atoms with Crippen molar-refractivity contribution in [2.75, 3.05) is 0 Å². The highest BCUT2D eigenvalue weighted by Gasteiger charge is 2.51. The van der Waals surface area contributed by atoms with Gasteiger partial charge in [0.15, 0.2) is 0 Å². The van der Waals surface area contributed by atoms with Gasteiger partial charge >= 0.3 is 0 Å². The molecule has 0 spiro atoms. The Bertz CT molecular complexity index is 1020. The summed E-state index contributed by atoms with van der Waals surface area (Å²) in [6, 6.07) is 20.7. The van der Waals surface area contributed by atoms with Crippen molar-refractivity contribution in [1.82, 2.24) is 4.57 Å². The van der Waals surface area contributed by atoms with Crippen LogP contribution in [0.15, 0.2) is 73.1 Å². The van der Waals surface area contributed by atoms with Gasteiger partial charge in [0.1, 0.15) is 23.9 Å². The van der Waals surface area contributed by atoms with Crippen LogP contribution in [0.2, 0.25) is 0 Å². The topological polar surface area (TPSA) is 51.9 Å². The number of benzene rings is 2. The smallest absolute Gasteiger partial charge is 0.253 e. The van der Waals surface area contributed by atoms with Crippen molar-refractivity contribution in [3.8, 4) is 0 Å². The molecule has 4 nitrogen and oxygen atoms in total. The molecule has 4 rings (SSSR count). The lowest BCUT2D eigenvalue weighted by molar-refractivity contribution is -0.703. The van der Waals surface area contributed by atoms with Crippen LogP contribution in [-0.4, -0.2) is 10.5 Å². The van der Waals surface area contributed by atoms with E-state index in [1.807, 2.05) is 36.4 Å². The van der Waals surface area contributed by atoms with Crippen LogP contribution < -0.4 is 10.3 Å². The predicted octanol–water partition coefficient (Wildman–Crippen LogP) is 5.33. The molecule has 33 heavy (non-hydrogen) atoms. The number of imidazole rings is 1. The van der Waals surface area contributed by atoms with Crippen LogP contribution in [0.3, 0.4) is 0 Å². The molecule has 1 amide bonds. The molecule has 1 aliphatic rings. The molecule has 2 atom stereocenters. The fourth-order valence-corrected chi connectivity index (χ4v) is 5.94. The van der Waals surface area contributed by atoms with Crippen LogP contribution in [0.25, 0.3) is 0 Å². The van der Waals surface area contributed by atoms with E-state index in [1.54, 1.807) is 0 Å². The number of nitrogens with two attached hydrogens (primary N) is 1. The number of hydrogen-bond acceptors (Lipinski definition) is 1. The average Bonchev–Trinajstić information content (AvgIpc) is 3.43. The van der Waals surface area contributed by atoms with Crippen molar-refractivity contribution in [3.05, 3.63) is 90.0 Å². The first-order valence-corrected chi connectivity index (χ1v) is 12.4. The second-order valence-electron chi connectivity index (χ2n) is 10.1. The van der Waals surface area contributed by atoms with E-state index in [0.29, 0.717) is 6.04 Å². The van der Waals surface area contributed by atoms with Gasteiger partial charge in [0.05, 0.1) is 6.54 Å². The molecule has 2 N–H and O–H groups in total. The molecular weight excluding hydrogens is 406 g/mol. The molecule has 1 aliphatic carbocycles. The van der Waals surface area contributed by atoms with Crippen LogP contribution in [0.4, 0.5) is 0 Å². The van der Waals surface area contributed by atoms with E-state index in [-0.39, 0.29) is 11.8 Å². The van der Waals surface area contributed by atoms with Crippen molar-refractivity contribution >= 4 is 5.91 Å². The molecule has 4 heteroatoms. The second-order valence-corrected chi connectivity index (χ2v) is 10.1. The SMILES string of the molecule is Cc1n([C@@H]2CC[C@H](C(C(N)=O)(c3ccccc3)c3ccccc3)C2)cc[n+]1CCCC(C)C. The Morgan fingerprint density at radius 3 is 2.21 bits per heavy atom. The fourth-order valence-electron chi connectivity index (χ4n) is 5.94. The van der Waals surface area contributed by atoms with Gasteiger partial charge in [-0.2, -0.15) is 0 Å². The van der Waals surface area contributed by atoms with Gasteiger partial charge in [-0.15, -0.1) is 0 Å². The maximum Gasteiger partial charge on any atom is 0.253 e. The van der Waals surface area contributed by atoms with Crippen LogP contribution in [0.5, 0.6) is 0 Å². The lowest BCUT2D eigenvalue weighted by atomic mass is 9.64. The summed E-state index contributed by atoms with van der Waals surface area (Å²) in [6.07, 6.45) is 9.87. The first-order valence-electron chi connectivity index (χ1n) is 12.4. The van der Waals surface area contributed by atoms with Gasteiger partial charge in [0, 0.05) is 6.92 Å².